The molecule has 1 saturated heterocycles. The number of aliphatic carboxylic acids is 1. The zero-order chi connectivity index (χ0) is 10.7. The van der Waals surface area contributed by atoms with Crippen molar-refractivity contribution in [2.75, 3.05) is 13.1 Å². The Morgan fingerprint density at radius 2 is 2.60 bits per heavy atom. The molecule has 0 spiro atoms. The molecule has 1 fully saturated rings. The van der Waals surface area contributed by atoms with Gasteiger partial charge in [0.2, 0.25) is 6.39 Å². The molecule has 1 atom stereocenters. The number of nitrogens with zero attached hydrogens (tertiary/aromatic N) is 3. The van der Waals surface area contributed by atoms with Crippen LogP contribution in [0.2, 0.25) is 0 Å². The summed E-state index contributed by atoms with van der Waals surface area (Å²) in [5, 5.41) is 12.4. The highest BCUT2D eigenvalue weighted by molar-refractivity contribution is 5.67. The molecular weight excluding hydrogens is 198 g/mol. The molecule has 1 aliphatic rings. The van der Waals surface area contributed by atoms with Gasteiger partial charge in [0, 0.05) is 13.0 Å². The SMILES string of the molecule is O=C(O)CC1CCN(Cc2ncon2)C1. The van der Waals surface area contributed by atoms with Crippen LogP contribution in [0.1, 0.15) is 18.7 Å². The molecule has 1 aromatic heterocycles. The third-order valence-electron chi connectivity index (χ3n) is 2.61. The zero-order valence-electron chi connectivity index (χ0n) is 8.30. The second kappa shape index (κ2) is 4.39. The summed E-state index contributed by atoms with van der Waals surface area (Å²) in [5.74, 6) is 0.196. The Bertz CT molecular complexity index is 325. The van der Waals surface area contributed by atoms with Crippen LogP contribution in [0, 0.1) is 5.92 Å². The summed E-state index contributed by atoms with van der Waals surface area (Å²) in [7, 11) is 0. The van der Waals surface area contributed by atoms with Crippen molar-refractivity contribution in [3.8, 4) is 0 Å². The van der Waals surface area contributed by atoms with Crippen LogP contribution in [-0.2, 0) is 11.3 Å². The van der Waals surface area contributed by atoms with E-state index in [0.29, 0.717) is 12.4 Å². The Hall–Kier alpha value is -1.43. The van der Waals surface area contributed by atoms with E-state index in [1.165, 1.54) is 6.39 Å². The van der Waals surface area contributed by atoms with E-state index >= 15 is 0 Å². The molecule has 6 heteroatoms. The fraction of sp³-hybridized carbons (Fsp3) is 0.667. The van der Waals surface area contributed by atoms with Crippen molar-refractivity contribution in [2.24, 2.45) is 5.92 Å². The van der Waals surface area contributed by atoms with E-state index in [-0.39, 0.29) is 12.3 Å². The van der Waals surface area contributed by atoms with Gasteiger partial charge in [-0.25, -0.2) is 0 Å². The van der Waals surface area contributed by atoms with Gasteiger partial charge in [-0.15, -0.1) is 0 Å². The van der Waals surface area contributed by atoms with E-state index in [9.17, 15) is 4.79 Å². The second-order valence-corrected chi connectivity index (χ2v) is 3.84. The molecule has 6 nitrogen and oxygen atoms in total. The quantitative estimate of drug-likeness (QED) is 0.774. The largest absolute Gasteiger partial charge is 0.481 e. The van der Waals surface area contributed by atoms with E-state index in [4.69, 9.17) is 5.11 Å². The Morgan fingerprint density at radius 1 is 1.73 bits per heavy atom. The second-order valence-electron chi connectivity index (χ2n) is 3.84. The van der Waals surface area contributed by atoms with Crippen molar-refractivity contribution >= 4 is 5.97 Å². The average molecular weight is 211 g/mol. The fourth-order valence-electron chi connectivity index (χ4n) is 1.93. The number of carboxylic acids is 1. The van der Waals surface area contributed by atoms with E-state index in [0.717, 1.165) is 19.5 Å². The minimum Gasteiger partial charge on any atom is -0.481 e. The molecule has 1 aromatic rings. The highest BCUT2D eigenvalue weighted by atomic mass is 16.5. The van der Waals surface area contributed by atoms with Crippen molar-refractivity contribution in [3.05, 3.63) is 12.2 Å². The molecule has 0 radical (unpaired) electrons. The van der Waals surface area contributed by atoms with Gasteiger partial charge in [-0.05, 0) is 18.9 Å². The summed E-state index contributed by atoms with van der Waals surface area (Å²) in [6.07, 6.45) is 2.49. The summed E-state index contributed by atoms with van der Waals surface area (Å²) in [4.78, 5) is 16.6. The predicted molar refractivity (Wildman–Crippen MR) is 49.9 cm³/mol. The first kappa shape index (κ1) is 10.1. The van der Waals surface area contributed by atoms with Gasteiger partial charge in [0.25, 0.3) is 0 Å². The molecule has 0 aromatic carbocycles. The summed E-state index contributed by atoms with van der Waals surface area (Å²) >= 11 is 0. The van der Waals surface area contributed by atoms with Crippen LogP contribution in [0.4, 0.5) is 0 Å². The minimum absolute atomic E-state index is 0.253. The van der Waals surface area contributed by atoms with Gasteiger partial charge in [-0.1, -0.05) is 5.16 Å². The lowest BCUT2D eigenvalue weighted by atomic mass is 10.1. The van der Waals surface area contributed by atoms with Crippen LogP contribution < -0.4 is 0 Å². The number of hydrogen-bond acceptors (Lipinski definition) is 5. The Kier molecular flexibility index (Phi) is 2.96. The molecular formula is C9H13N3O3. The lowest BCUT2D eigenvalue weighted by molar-refractivity contribution is -0.138. The number of aromatic nitrogens is 2. The van der Waals surface area contributed by atoms with Crippen molar-refractivity contribution < 1.29 is 14.4 Å². The van der Waals surface area contributed by atoms with Gasteiger partial charge in [-0.3, -0.25) is 9.69 Å². The zero-order valence-corrected chi connectivity index (χ0v) is 8.30. The summed E-state index contributed by atoms with van der Waals surface area (Å²) < 4.78 is 4.63. The lowest BCUT2D eigenvalue weighted by Crippen LogP contribution is -2.21. The number of carbonyl (C=O) groups is 1. The van der Waals surface area contributed by atoms with Crippen LogP contribution in [0.15, 0.2) is 10.9 Å². The maximum absolute atomic E-state index is 10.5. The third kappa shape index (κ3) is 2.76. The first-order valence-electron chi connectivity index (χ1n) is 4.93. The lowest BCUT2D eigenvalue weighted by Gasteiger charge is -2.12. The first-order chi connectivity index (χ1) is 7.24. The third-order valence-corrected chi connectivity index (χ3v) is 2.61. The van der Waals surface area contributed by atoms with E-state index in [2.05, 4.69) is 19.6 Å². The summed E-state index contributed by atoms with van der Waals surface area (Å²) in [5.41, 5.74) is 0. The standard InChI is InChI=1S/C9H13N3O3/c13-9(14)3-7-1-2-12(4-7)5-8-10-6-15-11-8/h6-7H,1-5H2,(H,13,14). The van der Waals surface area contributed by atoms with Gasteiger partial charge in [0.05, 0.1) is 6.54 Å². The molecule has 0 amide bonds. The molecule has 0 saturated carbocycles. The van der Waals surface area contributed by atoms with Crippen molar-refractivity contribution in [1.29, 1.82) is 0 Å². The smallest absolute Gasteiger partial charge is 0.303 e. The predicted octanol–water partition coefficient (Wildman–Crippen LogP) is 0.366. The molecule has 82 valence electrons. The maximum atomic E-state index is 10.5. The number of hydrogen-bond donors (Lipinski definition) is 1. The summed E-state index contributed by atoms with van der Waals surface area (Å²) in [6.45, 7) is 2.36. The number of carboxylic acid groups (broad SMARTS) is 1. The van der Waals surface area contributed by atoms with E-state index in [1.807, 2.05) is 0 Å². The molecule has 0 aliphatic carbocycles. The van der Waals surface area contributed by atoms with Gasteiger partial charge in [0.15, 0.2) is 5.82 Å². The Balaban J connectivity index is 1.80. The van der Waals surface area contributed by atoms with Crippen LogP contribution in [0.5, 0.6) is 0 Å². The molecule has 1 unspecified atom stereocenters. The average Bonchev–Trinajstić information content (AvgIpc) is 2.77. The Morgan fingerprint density at radius 3 is 3.27 bits per heavy atom. The normalized spacial score (nSPS) is 22.0. The Labute approximate surface area is 86.9 Å². The van der Waals surface area contributed by atoms with Gasteiger partial charge >= 0.3 is 5.97 Å². The minimum atomic E-state index is -0.721. The topological polar surface area (TPSA) is 79.5 Å². The fourth-order valence-corrected chi connectivity index (χ4v) is 1.93. The van der Waals surface area contributed by atoms with E-state index in [1.54, 1.807) is 0 Å². The monoisotopic (exact) mass is 211 g/mol. The summed E-state index contributed by atoms with van der Waals surface area (Å²) in [6, 6.07) is 0. The molecule has 2 rings (SSSR count). The highest BCUT2D eigenvalue weighted by Crippen LogP contribution is 2.20. The molecule has 2 heterocycles. The maximum Gasteiger partial charge on any atom is 0.303 e. The van der Waals surface area contributed by atoms with Crippen LogP contribution in [0.25, 0.3) is 0 Å². The van der Waals surface area contributed by atoms with Crippen molar-refractivity contribution in [1.82, 2.24) is 15.0 Å². The van der Waals surface area contributed by atoms with Gasteiger partial charge < -0.3 is 9.63 Å². The molecule has 1 aliphatic heterocycles. The molecule has 15 heavy (non-hydrogen) atoms. The van der Waals surface area contributed by atoms with Crippen LogP contribution in [0.3, 0.4) is 0 Å². The molecule has 1 N–H and O–H groups in total. The van der Waals surface area contributed by atoms with Gasteiger partial charge in [0.1, 0.15) is 0 Å². The first-order valence-corrected chi connectivity index (χ1v) is 4.93. The van der Waals surface area contributed by atoms with Crippen LogP contribution >= 0.6 is 0 Å². The van der Waals surface area contributed by atoms with Gasteiger partial charge in [-0.2, -0.15) is 4.98 Å². The highest BCUT2D eigenvalue weighted by Gasteiger charge is 2.25. The van der Waals surface area contributed by atoms with Crippen molar-refractivity contribution in [3.63, 3.8) is 0 Å². The number of rotatable bonds is 4. The van der Waals surface area contributed by atoms with Crippen LogP contribution in [-0.4, -0.2) is 39.2 Å². The number of likely N-dealkylation sites (tertiary alicyclic amines) is 1. The van der Waals surface area contributed by atoms with Crippen molar-refractivity contribution in [2.45, 2.75) is 19.4 Å². The van der Waals surface area contributed by atoms with E-state index < -0.39 is 5.97 Å². The molecule has 0 bridgehead atoms.